The smallest absolute Gasteiger partial charge is 0.325 e. The topological polar surface area (TPSA) is 90.1 Å². The summed E-state index contributed by atoms with van der Waals surface area (Å²) in [5, 5.41) is 31.4. The summed E-state index contributed by atoms with van der Waals surface area (Å²) >= 11 is 6.37. The highest BCUT2D eigenvalue weighted by molar-refractivity contribution is 9.11. The van der Waals surface area contributed by atoms with Crippen LogP contribution >= 0.6 is 31.9 Å². The molecule has 0 amide bonds. The fourth-order valence-electron chi connectivity index (χ4n) is 2.59. The first-order valence-electron chi connectivity index (χ1n) is 7.54. The Hall–Kier alpha value is -2.38. The SMILES string of the molecule is O=C(O)CN=C(c1ccc2ccccc2c1)c1cc(Br)c(O)c(Br)c1O. The molecule has 7 heteroatoms. The fourth-order valence-corrected chi connectivity index (χ4v) is 3.71. The molecule has 0 unspecified atom stereocenters. The molecule has 0 radical (unpaired) electrons. The van der Waals surface area contributed by atoms with Crippen molar-refractivity contribution in [1.82, 2.24) is 0 Å². The monoisotopic (exact) mass is 477 g/mol. The molecule has 0 fully saturated rings. The van der Waals surface area contributed by atoms with E-state index in [1.54, 1.807) is 0 Å². The van der Waals surface area contributed by atoms with E-state index in [1.807, 2.05) is 42.5 Å². The molecular weight excluding hydrogens is 466 g/mol. The number of carboxylic acids is 1. The standard InChI is InChI=1S/C19H13Br2NO4/c20-14-8-13(18(25)16(21)19(14)26)17(22-9-15(23)24)12-6-5-10-3-1-2-4-11(10)7-12/h1-8,25-26H,9H2,(H,23,24). The van der Waals surface area contributed by atoms with Crippen LogP contribution in [0.15, 0.2) is 62.5 Å². The minimum atomic E-state index is -1.08. The summed E-state index contributed by atoms with van der Waals surface area (Å²) in [5.74, 6) is -1.45. The number of nitrogens with zero attached hydrogens (tertiary/aromatic N) is 1. The lowest BCUT2D eigenvalue weighted by Crippen LogP contribution is -2.09. The first-order chi connectivity index (χ1) is 12.4. The Bertz CT molecular complexity index is 1050. The second-order valence-corrected chi connectivity index (χ2v) is 7.18. The van der Waals surface area contributed by atoms with Crippen molar-refractivity contribution in [2.45, 2.75) is 0 Å². The molecule has 0 aliphatic carbocycles. The van der Waals surface area contributed by atoms with Gasteiger partial charge < -0.3 is 15.3 Å². The summed E-state index contributed by atoms with van der Waals surface area (Å²) in [6, 6.07) is 14.9. The summed E-state index contributed by atoms with van der Waals surface area (Å²) in [5.41, 5.74) is 1.28. The number of benzene rings is 3. The van der Waals surface area contributed by atoms with E-state index in [0.29, 0.717) is 21.3 Å². The lowest BCUT2D eigenvalue weighted by molar-refractivity contribution is -0.135. The molecule has 0 saturated heterocycles. The molecule has 0 saturated carbocycles. The fraction of sp³-hybridized carbons (Fsp3) is 0.0526. The highest BCUT2D eigenvalue weighted by Gasteiger charge is 2.19. The molecule has 5 nitrogen and oxygen atoms in total. The maximum atomic E-state index is 11.0. The summed E-state index contributed by atoms with van der Waals surface area (Å²) in [7, 11) is 0. The summed E-state index contributed by atoms with van der Waals surface area (Å²) in [6.45, 7) is -0.447. The zero-order chi connectivity index (χ0) is 18.8. The molecule has 132 valence electrons. The van der Waals surface area contributed by atoms with Gasteiger partial charge in [-0.05, 0) is 54.8 Å². The minimum absolute atomic E-state index is 0.102. The van der Waals surface area contributed by atoms with Crippen molar-refractivity contribution < 1.29 is 20.1 Å². The second-order valence-electron chi connectivity index (χ2n) is 5.54. The van der Waals surface area contributed by atoms with E-state index >= 15 is 0 Å². The number of aliphatic carboxylic acids is 1. The molecule has 3 aromatic rings. The third-order valence-electron chi connectivity index (χ3n) is 3.82. The van der Waals surface area contributed by atoms with Gasteiger partial charge in [-0.25, -0.2) is 0 Å². The summed E-state index contributed by atoms with van der Waals surface area (Å²) < 4.78 is 0.451. The Kier molecular flexibility index (Phi) is 5.29. The highest BCUT2D eigenvalue weighted by atomic mass is 79.9. The molecule has 0 bridgehead atoms. The summed E-state index contributed by atoms with van der Waals surface area (Å²) in [4.78, 5) is 15.2. The van der Waals surface area contributed by atoms with E-state index < -0.39 is 12.5 Å². The van der Waals surface area contributed by atoms with Crippen molar-refractivity contribution in [1.29, 1.82) is 0 Å². The number of aromatic hydroxyl groups is 2. The molecule has 0 aliphatic heterocycles. The van der Waals surface area contributed by atoms with Gasteiger partial charge in [0.25, 0.3) is 0 Å². The van der Waals surface area contributed by atoms with E-state index in [2.05, 4.69) is 36.9 Å². The zero-order valence-electron chi connectivity index (χ0n) is 13.3. The predicted octanol–water partition coefficient (Wildman–Crippen LogP) is 4.70. The van der Waals surface area contributed by atoms with E-state index in [0.717, 1.165) is 10.8 Å². The third-order valence-corrected chi connectivity index (χ3v) is 5.17. The van der Waals surface area contributed by atoms with Crippen LogP contribution in [0.5, 0.6) is 11.5 Å². The van der Waals surface area contributed by atoms with Crippen molar-refractivity contribution in [3.63, 3.8) is 0 Å². The van der Waals surface area contributed by atoms with E-state index in [1.165, 1.54) is 6.07 Å². The zero-order valence-corrected chi connectivity index (χ0v) is 16.5. The van der Waals surface area contributed by atoms with Crippen molar-refractivity contribution >= 4 is 54.3 Å². The first kappa shape index (κ1) is 18.4. The van der Waals surface area contributed by atoms with Gasteiger partial charge >= 0.3 is 5.97 Å². The Labute approximate surface area is 165 Å². The van der Waals surface area contributed by atoms with Crippen LogP contribution in [0.2, 0.25) is 0 Å². The normalized spacial score (nSPS) is 11.7. The van der Waals surface area contributed by atoms with Crippen LogP contribution in [0.1, 0.15) is 11.1 Å². The maximum absolute atomic E-state index is 11.0. The van der Waals surface area contributed by atoms with Crippen LogP contribution in [0.4, 0.5) is 0 Å². The Morgan fingerprint density at radius 2 is 1.65 bits per heavy atom. The average Bonchev–Trinajstić information content (AvgIpc) is 2.63. The Morgan fingerprint density at radius 3 is 2.35 bits per heavy atom. The van der Waals surface area contributed by atoms with Crippen molar-refractivity contribution in [2.75, 3.05) is 6.54 Å². The average molecular weight is 479 g/mol. The number of rotatable bonds is 4. The summed E-state index contributed by atoms with van der Waals surface area (Å²) in [6.07, 6.45) is 0. The largest absolute Gasteiger partial charge is 0.506 e. The number of phenols is 2. The van der Waals surface area contributed by atoms with Crippen LogP contribution in [0.3, 0.4) is 0 Å². The Morgan fingerprint density at radius 1 is 0.962 bits per heavy atom. The molecule has 0 spiro atoms. The van der Waals surface area contributed by atoms with Crippen LogP contribution in [-0.4, -0.2) is 33.5 Å². The quantitative estimate of drug-likeness (QED) is 0.474. The van der Waals surface area contributed by atoms with Gasteiger partial charge in [-0.15, -0.1) is 0 Å². The van der Waals surface area contributed by atoms with Gasteiger partial charge in [0, 0.05) is 11.1 Å². The molecular formula is C19H13Br2NO4. The Balaban J connectivity index is 2.23. The number of hydrogen-bond acceptors (Lipinski definition) is 4. The molecule has 0 aromatic heterocycles. The predicted molar refractivity (Wildman–Crippen MR) is 107 cm³/mol. The van der Waals surface area contributed by atoms with Crippen LogP contribution in [-0.2, 0) is 4.79 Å². The third kappa shape index (κ3) is 3.59. The van der Waals surface area contributed by atoms with E-state index in [-0.39, 0.29) is 16.0 Å². The molecule has 3 aromatic carbocycles. The van der Waals surface area contributed by atoms with Gasteiger partial charge in [-0.3, -0.25) is 9.79 Å². The van der Waals surface area contributed by atoms with Crippen LogP contribution < -0.4 is 0 Å². The molecule has 26 heavy (non-hydrogen) atoms. The van der Waals surface area contributed by atoms with E-state index in [4.69, 9.17) is 5.11 Å². The lowest BCUT2D eigenvalue weighted by Gasteiger charge is -2.13. The number of fused-ring (bicyclic) bond motifs is 1. The number of carboxylic acid groups (broad SMARTS) is 1. The molecule has 0 heterocycles. The molecule has 3 rings (SSSR count). The molecule has 0 atom stereocenters. The minimum Gasteiger partial charge on any atom is -0.506 e. The number of halogens is 2. The number of hydrogen-bond donors (Lipinski definition) is 3. The van der Waals surface area contributed by atoms with Crippen molar-refractivity contribution in [2.24, 2.45) is 4.99 Å². The molecule has 0 aliphatic rings. The number of phenolic OH excluding ortho intramolecular Hbond substituents is 2. The van der Waals surface area contributed by atoms with Crippen LogP contribution in [0, 0.1) is 0 Å². The maximum Gasteiger partial charge on any atom is 0.325 e. The van der Waals surface area contributed by atoms with Crippen LogP contribution in [0.25, 0.3) is 10.8 Å². The number of carbonyl (C=O) groups is 1. The van der Waals surface area contributed by atoms with Gasteiger partial charge in [0.1, 0.15) is 22.5 Å². The lowest BCUT2D eigenvalue weighted by atomic mass is 9.98. The van der Waals surface area contributed by atoms with Gasteiger partial charge in [0.2, 0.25) is 0 Å². The first-order valence-corrected chi connectivity index (χ1v) is 9.13. The molecule has 3 N–H and O–H groups in total. The van der Waals surface area contributed by atoms with Gasteiger partial charge in [0.15, 0.2) is 0 Å². The van der Waals surface area contributed by atoms with Gasteiger partial charge in [-0.1, -0.05) is 36.4 Å². The second kappa shape index (κ2) is 7.47. The number of aliphatic imine (C=N–C) groups is 1. The van der Waals surface area contributed by atoms with E-state index in [9.17, 15) is 15.0 Å². The van der Waals surface area contributed by atoms with Crippen molar-refractivity contribution in [3.8, 4) is 11.5 Å². The van der Waals surface area contributed by atoms with Crippen molar-refractivity contribution in [3.05, 3.63) is 68.6 Å². The highest BCUT2D eigenvalue weighted by Crippen LogP contribution is 2.42. The van der Waals surface area contributed by atoms with Gasteiger partial charge in [-0.2, -0.15) is 0 Å². The van der Waals surface area contributed by atoms with Gasteiger partial charge in [0.05, 0.1) is 10.2 Å².